The quantitative estimate of drug-likeness (QED) is 0.0228. The van der Waals surface area contributed by atoms with Crippen LogP contribution in [0.4, 0.5) is 0 Å². The molecule has 1 aliphatic rings. The fraction of sp³-hybridized carbons (Fsp3) is 0.723. The lowest BCUT2D eigenvalue weighted by Gasteiger charge is -2.40. The number of esters is 3. The maximum absolute atomic E-state index is 13.2. The minimum atomic E-state index is -1.91. The first-order valence-electron chi connectivity index (χ1n) is 30.6. The number of carbonyl (C=O) groups is 4. The number of ether oxygens (including phenoxy) is 5. The molecule has 1 heterocycles. The van der Waals surface area contributed by atoms with E-state index in [4.69, 9.17) is 23.7 Å². The Balaban J connectivity index is 2.70. The molecule has 0 spiro atoms. The van der Waals surface area contributed by atoms with E-state index in [0.717, 1.165) is 148 Å². The summed E-state index contributed by atoms with van der Waals surface area (Å²) >= 11 is 0. The first kappa shape index (κ1) is 70.9. The predicted octanol–water partition coefficient (Wildman–Crippen LogP) is 15.9. The molecule has 6 atom stereocenters. The van der Waals surface area contributed by atoms with Gasteiger partial charge in [-0.15, -0.1) is 0 Å². The Morgan fingerprint density at radius 2 is 0.805 bits per heavy atom. The number of unbranched alkanes of at least 4 members (excludes halogenated alkanes) is 23. The summed E-state index contributed by atoms with van der Waals surface area (Å²) in [5.41, 5.74) is 0. The third kappa shape index (κ3) is 42.5. The Bertz CT molecular complexity index is 1660. The Kier molecular flexibility index (Phi) is 48.4. The summed E-state index contributed by atoms with van der Waals surface area (Å²) in [5, 5.41) is 31.5. The lowest BCUT2D eigenvalue weighted by atomic mass is 9.98. The van der Waals surface area contributed by atoms with Gasteiger partial charge in [0.2, 0.25) is 0 Å². The number of carbonyl (C=O) groups excluding carboxylic acids is 3. The zero-order valence-electron chi connectivity index (χ0n) is 48.4. The number of hydrogen-bond donors (Lipinski definition) is 3. The number of hydrogen-bond acceptors (Lipinski definition) is 11. The normalized spacial score (nSPS) is 18.6. The number of aliphatic carboxylic acids is 1. The number of aliphatic hydroxyl groups excluding tert-OH is 2. The van der Waals surface area contributed by atoms with Crippen molar-refractivity contribution < 1.29 is 58.2 Å². The maximum Gasteiger partial charge on any atom is 0.335 e. The summed E-state index contributed by atoms with van der Waals surface area (Å²) in [4.78, 5) is 51.2. The third-order valence-electron chi connectivity index (χ3n) is 13.4. The van der Waals surface area contributed by atoms with Crippen molar-refractivity contribution in [1.29, 1.82) is 0 Å². The second-order valence-corrected chi connectivity index (χ2v) is 20.6. The van der Waals surface area contributed by atoms with Crippen LogP contribution in [0.5, 0.6) is 0 Å². The van der Waals surface area contributed by atoms with Crippen molar-refractivity contribution in [3.63, 3.8) is 0 Å². The summed E-state index contributed by atoms with van der Waals surface area (Å²) in [7, 11) is 0. The summed E-state index contributed by atoms with van der Waals surface area (Å²) in [6.07, 6.45) is 55.4. The molecule has 1 rings (SSSR count). The van der Waals surface area contributed by atoms with Gasteiger partial charge in [-0.25, -0.2) is 4.79 Å². The molecule has 1 saturated heterocycles. The minimum absolute atomic E-state index is 0.0383. The van der Waals surface area contributed by atoms with Gasteiger partial charge >= 0.3 is 23.9 Å². The van der Waals surface area contributed by atoms with Gasteiger partial charge in [-0.05, 0) is 116 Å². The summed E-state index contributed by atoms with van der Waals surface area (Å²) < 4.78 is 28.4. The summed E-state index contributed by atoms with van der Waals surface area (Å²) in [6.45, 7) is 5.85. The van der Waals surface area contributed by atoms with Gasteiger partial charge in [0.05, 0.1) is 6.61 Å². The SMILES string of the molecule is CCC/C=C\C/C=C\CCCCCCCC(=O)OC1C(OCC(COC(=O)CCCCCCCC/C=C\C/C=C\C/C=C\CCCCC)OC(=O)CCCCCCC/C=C\C/C=C\CCCCC)OC(C(=O)O)C(O)C1O. The number of carboxylic acid groups (broad SMARTS) is 1. The highest BCUT2D eigenvalue weighted by atomic mass is 16.7. The van der Waals surface area contributed by atoms with Gasteiger partial charge in [0.1, 0.15) is 18.8 Å². The summed E-state index contributed by atoms with van der Waals surface area (Å²) in [5.74, 6) is -3.17. The van der Waals surface area contributed by atoms with Gasteiger partial charge in [0.25, 0.3) is 0 Å². The van der Waals surface area contributed by atoms with Crippen LogP contribution in [-0.2, 0) is 42.9 Å². The predicted molar refractivity (Wildman–Crippen MR) is 312 cm³/mol. The molecular formula is C65H108O12. The van der Waals surface area contributed by atoms with E-state index in [0.29, 0.717) is 19.3 Å². The standard InChI is InChI=1S/C65H108O12/c1-4-7-10-13-16-19-22-25-27-28-29-30-32-34-36-39-42-45-48-51-57(66)73-54-56(75-58(67)52-49-46-43-40-38-35-31-26-23-20-17-14-11-8-5-2)55-74-65-63(61(70)60(69)62(77-65)64(71)72)76-59(68)53-50-47-44-41-37-33-24-21-18-15-12-9-6-3/h12,15-17,19-21,24-27,29-31,56,60-63,65,69-70H,4-11,13-14,18,22-23,28,32-55H2,1-3H3,(H,71,72)/b15-12-,19-16-,20-17-,24-21-,27-25-,30-29-,31-26-. The van der Waals surface area contributed by atoms with E-state index in [1.807, 2.05) is 0 Å². The molecule has 0 bridgehead atoms. The van der Waals surface area contributed by atoms with Crippen molar-refractivity contribution in [2.24, 2.45) is 0 Å². The number of allylic oxidation sites excluding steroid dienone is 14. The zero-order valence-corrected chi connectivity index (χ0v) is 48.4. The van der Waals surface area contributed by atoms with Crippen LogP contribution < -0.4 is 0 Å². The molecule has 0 aromatic carbocycles. The smallest absolute Gasteiger partial charge is 0.335 e. The van der Waals surface area contributed by atoms with Crippen molar-refractivity contribution in [1.82, 2.24) is 0 Å². The topological polar surface area (TPSA) is 175 Å². The fourth-order valence-electron chi connectivity index (χ4n) is 8.68. The molecule has 6 unspecified atom stereocenters. The lowest BCUT2D eigenvalue weighted by Crippen LogP contribution is -2.61. The molecule has 12 nitrogen and oxygen atoms in total. The Labute approximate surface area is 467 Å². The molecule has 0 saturated carbocycles. The second kappa shape index (κ2) is 52.6. The fourth-order valence-corrected chi connectivity index (χ4v) is 8.68. The molecule has 0 aromatic heterocycles. The van der Waals surface area contributed by atoms with Crippen LogP contribution >= 0.6 is 0 Å². The van der Waals surface area contributed by atoms with Crippen LogP contribution in [0, 0.1) is 0 Å². The molecular weight excluding hydrogens is 973 g/mol. The third-order valence-corrected chi connectivity index (χ3v) is 13.4. The van der Waals surface area contributed by atoms with Gasteiger partial charge in [0.15, 0.2) is 24.6 Å². The van der Waals surface area contributed by atoms with Crippen molar-refractivity contribution in [2.45, 2.75) is 289 Å². The van der Waals surface area contributed by atoms with Crippen LogP contribution in [0.3, 0.4) is 0 Å². The van der Waals surface area contributed by atoms with Crippen LogP contribution in [0.1, 0.15) is 252 Å². The van der Waals surface area contributed by atoms with Crippen molar-refractivity contribution in [3.05, 3.63) is 85.1 Å². The van der Waals surface area contributed by atoms with E-state index in [1.54, 1.807) is 0 Å². The monoisotopic (exact) mass is 1080 g/mol. The van der Waals surface area contributed by atoms with Crippen molar-refractivity contribution in [2.75, 3.05) is 13.2 Å². The van der Waals surface area contributed by atoms with Crippen LogP contribution in [0.15, 0.2) is 85.1 Å². The van der Waals surface area contributed by atoms with Crippen LogP contribution in [-0.4, -0.2) is 89.2 Å². The van der Waals surface area contributed by atoms with Gasteiger partial charge in [-0.1, -0.05) is 202 Å². The number of aliphatic hydroxyl groups is 2. The van der Waals surface area contributed by atoms with E-state index in [1.165, 1.54) is 44.9 Å². The van der Waals surface area contributed by atoms with Crippen molar-refractivity contribution in [3.8, 4) is 0 Å². The Hall–Kier alpha value is -4.10. The van der Waals surface area contributed by atoms with E-state index in [9.17, 15) is 34.5 Å². The maximum atomic E-state index is 13.2. The highest BCUT2D eigenvalue weighted by molar-refractivity contribution is 5.74. The minimum Gasteiger partial charge on any atom is -0.479 e. The molecule has 3 N–H and O–H groups in total. The lowest BCUT2D eigenvalue weighted by molar-refractivity contribution is -0.301. The van der Waals surface area contributed by atoms with Gasteiger partial charge in [-0.3, -0.25) is 14.4 Å². The second-order valence-electron chi connectivity index (χ2n) is 20.6. The highest BCUT2D eigenvalue weighted by Gasteiger charge is 2.50. The molecule has 0 aliphatic carbocycles. The molecule has 1 fully saturated rings. The molecule has 0 radical (unpaired) electrons. The first-order valence-corrected chi connectivity index (χ1v) is 30.6. The Morgan fingerprint density at radius 3 is 1.23 bits per heavy atom. The highest BCUT2D eigenvalue weighted by Crippen LogP contribution is 2.26. The van der Waals surface area contributed by atoms with Crippen molar-refractivity contribution >= 4 is 23.9 Å². The van der Waals surface area contributed by atoms with Crippen LogP contribution in [0.2, 0.25) is 0 Å². The van der Waals surface area contributed by atoms with Crippen LogP contribution in [0.25, 0.3) is 0 Å². The van der Waals surface area contributed by atoms with Gasteiger partial charge in [0, 0.05) is 19.3 Å². The Morgan fingerprint density at radius 1 is 0.429 bits per heavy atom. The largest absolute Gasteiger partial charge is 0.479 e. The average molecular weight is 1080 g/mol. The molecule has 0 aromatic rings. The molecule has 1 aliphatic heterocycles. The average Bonchev–Trinajstić information content (AvgIpc) is 3.42. The zero-order chi connectivity index (χ0) is 56.1. The van der Waals surface area contributed by atoms with Gasteiger partial charge < -0.3 is 39.0 Å². The summed E-state index contributed by atoms with van der Waals surface area (Å²) in [6, 6.07) is 0. The molecule has 0 amide bonds. The van der Waals surface area contributed by atoms with E-state index in [-0.39, 0.29) is 25.9 Å². The van der Waals surface area contributed by atoms with E-state index >= 15 is 0 Å². The molecule has 77 heavy (non-hydrogen) atoms. The first-order chi connectivity index (χ1) is 37.6. The number of rotatable bonds is 51. The number of carboxylic acids is 1. The molecule has 440 valence electrons. The van der Waals surface area contributed by atoms with E-state index < -0.39 is 67.3 Å². The molecule has 12 heteroatoms. The van der Waals surface area contributed by atoms with Gasteiger partial charge in [-0.2, -0.15) is 0 Å². The van der Waals surface area contributed by atoms with E-state index in [2.05, 4.69) is 106 Å².